The molecule has 372 valence electrons. The number of aromatic nitrogens is 4. The van der Waals surface area contributed by atoms with Crippen molar-refractivity contribution in [2.75, 3.05) is 33.8 Å². The molecule has 17 heteroatoms. The van der Waals surface area contributed by atoms with Crippen molar-refractivity contribution in [3.05, 3.63) is 86.3 Å². The number of hydrogen-bond donors (Lipinski definition) is 2. The Morgan fingerprint density at radius 2 is 1.13 bits per heavy atom. The summed E-state index contributed by atoms with van der Waals surface area (Å²) in [6, 6.07) is 15.3. The number of halogens is 5. The molecule has 8 rings (SSSR count). The van der Waals surface area contributed by atoms with Gasteiger partial charge >= 0.3 is 5.97 Å². The fraction of sp³-hybridized carbons (Fsp3) is 0.442. The van der Waals surface area contributed by atoms with Crippen LogP contribution in [0.3, 0.4) is 0 Å². The summed E-state index contributed by atoms with van der Waals surface area (Å²) in [7, 11) is 6.17. The van der Waals surface area contributed by atoms with Crippen molar-refractivity contribution >= 4 is 91.7 Å². The number of benzene rings is 4. The molecule has 0 bridgehead atoms. The standard InChI is InChI=1S/C28H33Cl2N3O4.C16H11Cl3N2O2.C7H15N.CH4/c1-28(2,3)37-23(34)13-16-8-6-7-9-19(16)32-27-31-15-18-12-17(10-11-20(18)33-27)24-25(29)21(35-4)14-22(36-5)26(24)30;1-22-11-6-12(23-2)15(18)13(14(11)17)8-3-4-10-9(5-8)7-20-16(19)21-10;1-6-4-2-3-5-7(6)8;/h10-12,14-16,19H,6-9,13H2,1-5H3,(H,31,32,33);3-7H,1-2H3;6-7H,2-5,8H2,1H3;1H4/t16-,19?;;6-,7-;/m1.0./s1. The second-order valence-corrected chi connectivity index (χ2v) is 19.8. The van der Waals surface area contributed by atoms with Gasteiger partial charge in [-0.15, -0.1) is 0 Å². The van der Waals surface area contributed by atoms with E-state index in [1.807, 2.05) is 57.2 Å². The summed E-state index contributed by atoms with van der Waals surface area (Å²) in [5, 5.41) is 6.96. The van der Waals surface area contributed by atoms with Crippen LogP contribution in [0.2, 0.25) is 25.4 Å². The smallest absolute Gasteiger partial charge is 0.306 e. The van der Waals surface area contributed by atoms with Gasteiger partial charge in [0, 0.05) is 58.5 Å². The Balaban J connectivity index is 0.000000234. The highest BCUT2D eigenvalue weighted by Gasteiger charge is 2.30. The molecule has 4 atom stereocenters. The van der Waals surface area contributed by atoms with Crippen LogP contribution in [0.25, 0.3) is 44.1 Å². The van der Waals surface area contributed by atoms with E-state index in [9.17, 15) is 4.79 Å². The van der Waals surface area contributed by atoms with Crippen LogP contribution in [-0.2, 0) is 9.53 Å². The number of nitrogens with zero attached hydrogens (tertiary/aromatic N) is 4. The zero-order valence-corrected chi connectivity index (χ0v) is 43.4. The quantitative estimate of drug-likeness (QED) is 0.0992. The van der Waals surface area contributed by atoms with Crippen molar-refractivity contribution in [3.63, 3.8) is 0 Å². The third kappa shape index (κ3) is 14.1. The number of esters is 1. The van der Waals surface area contributed by atoms with E-state index in [0.717, 1.165) is 64.5 Å². The number of anilines is 1. The van der Waals surface area contributed by atoms with E-state index < -0.39 is 5.60 Å². The van der Waals surface area contributed by atoms with E-state index in [1.54, 1.807) is 38.7 Å². The lowest BCUT2D eigenvalue weighted by Crippen LogP contribution is -2.35. The third-order valence-electron chi connectivity index (χ3n) is 12.1. The van der Waals surface area contributed by atoms with Gasteiger partial charge in [0.15, 0.2) is 0 Å². The monoisotopic (exact) mass is 1040 g/mol. The molecule has 3 N–H and O–H groups in total. The molecule has 4 aromatic carbocycles. The molecular formula is C52H63Cl5N6O6. The van der Waals surface area contributed by atoms with E-state index in [4.69, 9.17) is 92.4 Å². The van der Waals surface area contributed by atoms with E-state index in [0.29, 0.717) is 72.6 Å². The number of rotatable bonds is 10. The van der Waals surface area contributed by atoms with Crippen LogP contribution in [-0.4, -0.2) is 72.0 Å². The largest absolute Gasteiger partial charge is 0.495 e. The van der Waals surface area contributed by atoms with Gasteiger partial charge in [0.2, 0.25) is 11.2 Å². The van der Waals surface area contributed by atoms with Crippen LogP contribution >= 0.6 is 58.0 Å². The molecule has 69 heavy (non-hydrogen) atoms. The number of carbonyl (C=O) groups is 1. The van der Waals surface area contributed by atoms with E-state index >= 15 is 0 Å². The predicted molar refractivity (Wildman–Crippen MR) is 283 cm³/mol. The van der Waals surface area contributed by atoms with Gasteiger partial charge in [-0.25, -0.2) is 19.9 Å². The Morgan fingerprint density at radius 3 is 1.59 bits per heavy atom. The fourth-order valence-corrected chi connectivity index (χ4v) is 10.0. The van der Waals surface area contributed by atoms with Crippen molar-refractivity contribution < 1.29 is 28.5 Å². The van der Waals surface area contributed by atoms with Crippen LogP contribution in [0, 0.1) is 11.8 Å². The van der Waals surface area contributed by atoms with Gasteiger partial charge < -0.3 is 34.7 Å². The highest BCUT2D eigenvalue weighted by molar-refractivity contribution is 6.42. The summed E-state index contributed by atoms with van der Waals surface area (Å²) in [6.45, 7) is 7.93. The fourth-order valence-electron chi connectivity index (χ4n) is 8.45. The molecule has 0 amide bonds. The maximum atomic E-state index is 12.5. The highest BCUT2D eigenvalue weighted by atomic mass is 35.5. The molecule has 12 nitrogen and oxygen atoms in total. The molecular weight excluding hydrogens is 982 g/mol. The first-order valence-corrected chi connectivity index (χ1v) is 24.5. The third-order valence-corrected chi connectivity index (χ3v) is 13.8. The number of nitrogens with one attached hydrogen (secondary N) is 1. The van der Waals surface area contributed by atoms with Crippen molar-refractivity contribution in [1.29, 1.82) is 0 Å². The maximum Gasteiger partial charge on any atom is 0.306 e. The Hall–Kier alpha value is -4.56. The lowest BCUT2D eigenvalue weighted by Gasteiger charge is -2.32. The number of nitrogens with two attached hydrogens (primary N) is 1. The van der Waals surface area contributed by atoms with Gasteiger partial charge in [0.1, 0.15) is 28.6 Å². The highest BCUT2D eigenvalue weighted by Crippen LogP contribution is 2.48. The molecule has 6 aromatic rings. The lowest BCUT2D eigenvalue weighted by atomic mass is 9.82. The zero-order valence-electron chi connectivity index (χ0n) is 39.7. The van der Waals surface area contributed by atoms with Crippen LogP contribution in [0.4, 0.5) is 5.95 Å². The lowest BCUT2D eigenvalue weighted by molar-refractivity contribution is -0.156. The number of ether oxygens (including phenoxy) is 5. The molecule has 0 radical (unpaired) electrons. The summed E-state index contributed by atoms with van der Waals surface area (Å²) >= 11 is 31.9. The van der Waals surface area contributed by atoms with Crippen LogP contribution in [0.1, 0.15) is 92.9 Å². The van der Waals surface area contributed by atoms with Gasteiger partial charge in [-0.2, -0.15) is 0 Å². The first-order valence-electron chi connectivity index (χ1n) is 22.6. The number of carbonyl (C=O) groups excluding carboxylic acids is 1. The van der Waals surface area contributed by atoms with Gasteiger partial charge in [0.25, 0.3) is 0 Å². The van der Waals surface area contributed by atoms with Crippen LogP contribution in [0.15, 0.2) is 60.9 Å². The average Bonchev–Trinajstić information content (AvgIpc) is 3.31. The first kappa shape index (κ1) is 55.4. The summed E-state index contributed by atoms with van der Waals surface area (Å²) in [5.41, 5.74) is 9.65. The number of fused-ring (bicyclic) bond motifs is 2. The maximum absolute atomic E-state index is 12.5. The SMILES string of the molecule is C.COc1cc(OC)c(Cl)c(-c2ccc3nc(Cl)ncc3c2)c1Cl.COc1cc(OC)c(Cl)c(-c2ccc3nc(NC4CCCC[C@@H]4CC(=O)OC(C)(C)C)ncc3c2)c1Cl.C[C@H]1CCCC[C@@H]1N. The Morgan fingerprint density at radius 1 is 0.667 bits per heavy atom. The summed E-state index contributed by atoms with van der Waals surface area (Å²) < 4.78 is 27.0. The van der Waals surface area contributed by atoms with Crippen molar-refractivity contribution in [3.8, 4) is 45.3 Å². The van der Waals surface area contributed by atoms with Crippen LogP contribution in [0.5, 0.6) is 23.0 Å². The minimum atomic E-state index is -0.487. The van der Waals surface area contributed by atoms with Gasteiger partial charge in [-0.05, 0) is 105 Å². The molecule has 2 fully saturated rings. The minimum Gasteiger partial charge on any atom is -0.495 e. The van der Waals surface area contributed by atoms with Gasteiger partial charge in [0.05, 0.1) is 66.0 Å². The molecule has 2 heterocycles. The predicted octanol–water partition coefficient (Wildman–Crippen LogP) is 14.8. The Labute approximate surface area is 431 Å². The molecule has 2 aliphatic rings. The van der Waals surface area contributed by atoms with E-state index in [-0.39, 0.29) is 30.6 Å². The molecule has 0 aliphatic heterocycles. The second kappa shape index (κ2) is 25.0. The number of hydrogen-bond acceptors (Lipinski definition) is 12. The molecule has 2 aliphatic carbocycles. The summed E-state index contributed by atoms with van der Waals surface area (Å²) in [6.07, 6.45) is 13.3. The van der Waals surface area contributed by atoms with E-state index in [1.165, 1.54) is 39.9 Å². The van der Waals surface area contributed by atoms with Gasteiger partial charge in [-0.3, -0.25) is 4.79 Å². The Kier molecular flexibility index (Phi) is 20.1. The summed E-state index contributed by atoms with van der Waals surface area (Å²) in [4.78, 5) is 29.9. The molecule has 0 saturated heterocycles. The summed E-state index contributed by atoms with van der Waals surface area (Å²) in [5.74, 6) is 3.25. The molecule has 0 spiro atoms. The first-order chi connectivity index (χ1) is 32.4. The normalized spacial score (nSPS) is 17.8. The molecule has 2 saturated carbocycles. The van der Waals surface area contributed by atoms with Crippen LogP contribution < -0.4 is 30.0 Å². The van der Waals surface area contributed by atoms with Crippen molar-refractivity contribution in [2.45, 2.75) is 111 Å². The van der Waals surface area contributed by atoms with Gasteiger partial charge in [-0.1, -0.05) is 98.6 Å². The molecule has 1 unspecified atom stereocenters. The van der Waals surface area contributed by atoms with E-state index in [2.05, 4.69) is 27.2 Å². The molecule has 2 aromatic heterocycles. The zero-order chi connectivity index (χ0) is 49.3. The van der Waals surface area contributed by atoms with Crippen molar-refractivity contribution in [2.24, 2.45) is 17.6 Å². The minimum absolute atomic E-state index is 0. The Bertz CT molecular complexity index is 2650. The number of methoxy groups -OCH3 is 4. The topological polar surface area (TPSA) is 153 Å². The average molecular weight is 1050 g/mol. The second-order valence-electron chi connectivity index (χ2n) is 18.0. The van der Waals surface area contributed by atoms with Crippen molar-refractivity contribution in [1.82, 2.24) is 19.9 Å².